The number of fused-ring (bicyclic) bond motifs is 2. The molecule has 3 aromatic heterocycles. The molecule has 1 aromatic carbocycles. The second-order valence-corrected chi connectivity index (χ2v) is 5.36. The molecule has 22 heavy (non-hydrogen) atoms. The van der Waals surface area contributed by atoms with E-state index in [-0.39, 0.29) is 0 Å². The number of H-pyrrole nitrogens is 1. The van der Waals surface area contributed by atoms with Crippen molar-refractivity contribution in [2.24, 2.45) is 12.8 Å². The van der Waals surface area contributed by atoms with Crippen molar-refractivity contribution in [3.05, 3.63) is 54.4 Å². The molecule has 0 fully saturated rings. The van der Waals surface area contributed by atoms with Gasteiger partial charge in [0.15, 0.2) is 0 Å². The van der Waals surface area contributed by atoms with Gasteiger partial charge >= 0.3 is 0 Å². The number of aromatic amines is 1. The number of carbonyl (C=O) groups excluding carboxylic acids is 1. The molecule has 5 heteroatoms. The molecular formula is C17H14N4O. The van der Waals surface area contributed by atoms with Gasteiger partial charge in [0.1, 0.15) is 0 Å². The van der Waals surface area contributed by atoms with Crippen LogP contribution in [0.4, 0.5) is 0 Å². The van der Waals surface area contributed by atoms with E-state index in [1.807, 2.05) is 48.3 Å². The topological polar surface area (TPSA) is 76.7 Å². The molecular weight excluding hydrogens is 276 g/mol. The molecule has 4 aromatic rings. The van der Waals surface area contributed by atoms with Gasteiger partial charge in [-0.25, -0.2) is 0 Å². The van der Waals surface area contributed by atoms with Crippen molar-refractivity contribution >= 4 is 27.7 Å². The summed E-state index contributed by atoms with van der Waals surface area (Å²) in [5.41, 5.74) is 9.75. The zero-order chi connectivity index (χ0) is 15.3. The summed E-state index contributed by atoms with van der Waals surface area (Å²) in [6.45, 7) is 0. The molecule has 3 heterocycles. The van der Waals surface area contributed by atoms with Gasteiger partial charge in [-0.15, -0.1) is 0 Å². The molecule has 0 unspecified atom stereocenters. The Morgan fingerprint density at radius 3 is 2.86 bits per heavy atom. The molecule has 0 aliphatic carbocycles. The minimum absolute atomic E-state index is 0.421. The molecule has 0 radical (unpaired) electrons. The maximum atomic E-state index is 11.3. The highest BCUT2D eigenvalue weighted by molar-refractivity contribution is 5.98. The quantitative estimate of drug-likeness (QED) is 0.595. The van der Waals surface area contributed by atoms with E-state index in [1.165, 1.54) is 0 Å². The first-order valence-corrected chi connectivity index (χ1v) is 6.96. The van der Waals surface area contributed by atoms with Crippen LogP contribution in [0, 0.1) is 0 Å². The number of benzene rings is 1. The molecule has 0 spiro atoms. The minimum atomic E-state index is -0.421. The number of pyridine rings is 1. The average Bonchev–Trinajstić information content (AvgIpc) is 3.11. The summed E-state index contributed by atoms with van der Waals surface area (Å²) in [6, 6.07) is 11.6. The van der Waals surface area contributed by atoms with Gasteiger partial charge in [0.2, 0.25) is 5.91 Å². The number of nitrogens with one attached hydrogen (secondary N) is 1. The molecule has 0 saturated carbocycles. The van der Waals surface area contributed by atoms with Gasteiger partial charge in [-0.1, -0.05) is 6.07 Å². The summed E-state index contributed by atoms with van der Waals surface area (Å²) in [5, 5.41) is 2.13. The van der Waals surface area contributed by atoms with Crippen LogP contribution < -0.4 is 5.73 Å². The van der Waals surface area contributed by atoms with Crippen LogP contribution >= 0.6 is 0 Å². The monoisotopic (exact) mass is 290 g/mol. The van der Waals surface area contributed by atoms with Crippen molar-refractivity contribution < 1.29 is 4.79 Å². The predicted octanol–water partition coefficient (Wildman–Crippen LogP) is 2.82. The van der Waals surface area contributed by atoms with Crippen LogP contribution in [0.2, 0.25) is 0 Å². The third kappa shape index (κ3) is 1.79. The molecule has 0 aliphatic rings. The highest BCUT2D eigenvalue weighted by Gasteiger charge is 2.11. The Bertz CT molecular complexity index is 1030. The lowest BCUT2D eigenvalue weighted by molar-refractivity contribution is 0.100. The molecule has 0 bridgehead atoms. The fourth-order valence-electron chi connectivity index (χ4n) is 2.81. The SMILES string of the molecule is Cn1c(-c2cc3[nH]ccc3cn2)cc2ccc(C(N)=O)cc21. The molecule has 5 nitrogen and oxygen atoms in total. The zero-order valence-corrected chi connectivity index (χ0v) is 12.0. The van der Waals surface area contributed by atoms with E-state index in [1.54, 1.807) is 6.07 Å². The minimum Gasteiger partial charge on any atom is -0.366 e. The Labute approximate surface area is 126 Å². The highest BCUT2D eigenvalue weighted by atomic mass is 16.1. The molecule has 0 aliphatic heterocycles. The van der Waals surface area contributed by atoms with E-state index in [9.17, 15) is 4.79 Å². The van der Waals surface area contributed by atoms with Crippen LogP contribution in [-0.4, -0.2) is 20.4 Å². The van der Waals surface area contributed by atoms with Crippen LogP contribution in [0.3, 0.4) is 0 Å². The number of nitrogens with zero attached hydrogens (tertiary/aromatic N) is 2. The Kier molecular flexibility index (Phi) is 2.56. The van der Waals surface area contributed by atoms with Crippen molar-refractivity contribution in [1.82, 2.24) is 14.5 Å². The maximum Gasteiger partial charge on any atom is 0.248 e. The van der Waals surface area contributed by atoms with E-state index in [0.717, 1.165) is 33.2 Å². The summed E-state index contributed by atoms with van der Waals surface area (Å²) in [4.78, 5) is 19.1. The lowest BCUT2D eigenvalue weighted by Gasteiger charge is -2.04. The van der Waals surface area contributed by atoms with Crippen LogP contribution in [-0.2, 0) is 7.05 Å². The van der Waals surface area contributed by atoms with Gasteiger partial charge in [0.25, 0.3) is 0 Å². The first-order valence-electron chi connectivity index (χ1n) is 6.96. The zero-order valence-electron chi connectivity index (χ0n) is 12.0. The molecule has 0 saturated heterocycles. The van der Waals surface area contributed by atoms with Crippen molar-refractivity contribution in [2.45, 2.75) is 0 Å². The van der Waals surface area contributed by atoms with Crippen LogP contribution in [0.5, 0.6) is 0 Å². The molecule has 1 amide bonds. The maximum absolute atomic E-state index is 11.3. The van der Waals surface area contributed by atoms with Gasteiger partial charge in [0, 0.05) is 46.8 Å². The Morgan fingerprint density at radius 1 is 1.18 bits per heavy atom. The summed E-state index contributed by atoms with van der Waals surface area (Å²) in [5.74, 6) is -0.421. The van der Waals surface area contributed by atoms with E-state index in [2.05, 4.69) is 16.0 Å². The van der Waals surface area contributed by atoms with Crippen LogP contribution in [0.25, 0.3) is 33.2 Å². The van der Waals surface area contributed by atoms with Crippen molar-refractivity contribution in [1.29, 1.82) is 0 Å². The second kappa shape index (κ2) is 4.46. The predicted molar refractivity (Wildman–Crippen MR) is 86.5 cm³/mol. The van der Waals surface area contributed by atoms with Gasteiger partial charge < -0.3 is 15.3 Å². The van der Waals surface area contributed by atoms with Gasteiger partial charge in [-0.3, -0.25) is 9.78 Å². The number of aromatic nitrogens is 3. The average molecular weight is 290 g/mol. The second-order valence-electron chi connectivity index (χ2n) is 5.36. The number of amides is 1. The number of primary amides is 1. The first-order chi connectivity index (χ1) is 10.6. The fourth-order valence-corrected chi connectivity index (χ4v) is 2.81. The largest absolute Gasteiger partial charge is 0.366 e. The first kappa shape index (κ1) is 12.6. The van der Waals surface area contributed by atoms with Crippen LogP contribution in [0.15, 0.2) is 48.8 Å². The van der Waals surface area contributed by atoms with Gasteiger partial charge in [-0.2, -0.15) is 0 Å². The summed E-state index contributed by atoms with van der Waals surface area (Å²) >= 11 is 0. The number of rotatable bonds is 2. The number of carbonyl (C=O) groups is 1. The van der Waals surface area contributed by atoms with Crippen molar-refractivity contribution in [3.63, 3.8) is 0 Å². The smallest absolute Gasteiger partial charge is 0.248 e. The number of nitrogens with two attached hydrogens (primary N) is 1. The third-order valence-electron chi connectivity index (χ3n) is 4.03. The highest BCUT2D eigenvalue weighted by Crippen LogP contribution is 2.28. The van der Waals surface area contributed by atoms with E-state index in [4.69, 9.17) is 5.73 Å². The Hall–Kier alpha value is -3.08. The lowest BCUT2D eigenvalue weighted by atomic mass is 10.1. The molecule has 0 atom stereocenters. The van der Waals surface area contributed by atoms with Crippen molar-refractivity contribution in [2.75, 3.05) is 0 Å². The molecule has 4 rings (SSSR count). The normalized spacial score (nSPS) is 11.3. The Morgan fingerprint density at radius 2 is 2.05 bits per heavy atom. The van der Waals surface area contributed by atoms with Crippen molar-refractivity contribution in [3.8, 4) is 11.4 Å². The Balaban J connectivity index is 1.94. The lowest BCUT2D eigenvalue weighted by Crippen LogP contribution is -2.10. The number of aryl methyl sites for hydroxylation is 1. The van der Waals surface area contributed by atoms with Crippen LogP contribution in [0.1, 0.15) is 10.4 Å². The molecule has 3 N–H and O–H groups in total. The summed E-state index contributed by atoms with van der Waals surface area (Å²) in [7, 11) is 1.96. The summed E-state index contributed by atoms with van der Waals surface area (Å²) < 4.78 is 2.03. The van der Waals surface area contributed by atoms with E-state index < -0.39 is 5.91 Å². The fraction of sp³-hybridized carbons (Fsp3) is 0.0588. The number of hydrogen-bond donors (Lipinski definition) is 2. The third-order valence-corrected chi connectivity index (χ3v) is 4.03. The van der Waals surface area contributed by atoms with Gasteiger partial charge in [-0.05, 0) is 30.3 Å². The van der Waals surface area contributed by atoms with Gasteiger partial charge in [0.05, 0.1) is 11.4 Å². The summed E-state index contributed by atoms with van der Waals surface area (Å²) in [6.07, 6.45) is 3.75. The number of hydrogen-bond acceptors (Lipinski definition) is 2. The standard InChI is InChI=1S/C17H14N4O/c1-21-15-7-11(17(18)22)3-2-10(15)6-16(21)14-8-13-12(9-20-14)4-5-19-13/h2-9,19H,1H3,(H2,18,22). The molecule has 108 valence electrons. The van der Waals surface area contributed by atoms with E-state index in [0.29, 0.717) is 5.56 Å². The van der Waals surface area contributed by atoms with E-state index >= 15 is 0 Å².